The van der Waals surface area contributed by atoms with E-state index in [-0.39, 0.29) is 11.4 Å². The Bertz CT molecular complexity index is 1170. The van der Waals surface area contributed by atoms with Crippen LogP contribution < -0.4 is 10.3 Å². The van der Waals surface area contributed by atoms with Gasteiger partial charge >= 0.3 is 0 Å². The van der Waals surface area contributed by atoms with Crippen LogP contribution in [0.2, 0.25) is 0 Å². The molecule has 2 aromatic heterocycles. The molecule has 8 heteroatoms. The molecule has 0 bridgehead atoms. The van der Waals surface area contributed by atoms with Gasteiger partial charge in [-0.2, -0.15) is 10.1 Å². The summed E-state index contributed by atoms with van der Waals surface area (Å²) in [5, 5.41) is 8.31. The zero-order chi connectivity index (χ0) is 20.2. The van der Waals surface area contributed by atoms with E-state index in [0.717, 1.165) is 11.1 Å². The summed E-state index contributed by atoms with van der Waals surface area (Å²) in [5.41, 5.74) is 2.96. The van der Waals surface area contributed by atoms with Crippen LogP contribution in [0.25, 0.3) is 23.0 Å². The van der Waals surface area contributed by atoms with Crippen molar-refractivity contribution in [2.24, 2.45) is 0 Å². The van der Waals surface area contributed by atoms with Crippen LogP contribution in [0.3, 0.4) is 0 Å². The van der Waals surface area contributed by atoms with Crippen molar-refractivity contribution in [1.82, 2.24) is 19.9 Å². The zero-order valence-electron chi connectivity index (χ0n) is 15.6. The predicted octanol–water partition coefficient (Wildman–Crippen LogP) is 3.62. The normalized spacial score (nSPS) is 10.8. The number of benzene rings is 2. The molecule has 0 unspecified atom stereocenters. The van der Waals surface area contributed by atoms with Crippen LogP contribution in [-0.4, -0.2) is 26.8 Å². The molecule has 0 spiro atoms. The summed E-state index contributed by atoms with van der Waals surface area (Å²) in [5.74, 6) is 0.955. The van der Waals surface area contributed by atoms with Crippen molar-refractivity contribution in [3.05, 3.63) is 82.1 Å². The van der Waals surface area contributed by atoms with Crippen LogP contribution in [0.1, 0.15) is 11.1 Å². The van der Waals surface area contributed by atoms with E-state index in [0.29, 0.717) is 29.4 Å². The Hall–Kier alpha value is -3.81. The Morgan fingerprint density at radius 1 is 1.03 bits per heavy atom. The van der Waals surface area contributed by atoms with Gasteiger partial charge in [-0.05, 0) is 42.8 Å². The number of hydrogen-bond donors (Lipinski definition) is 0. The van der Waals surface area contributed by atoms with Crippen LogP contribution in [-0.2, 0) is 6.54 Å². The lowest BCUT2D eigenvalue weighted by Gasteiger charge is -2.05. The molecule has 146 valence electrons. The summed E-state index contributed by atoms with van der Waals surface area (Å²) in [6, 6.07) is 17.5. The second-order valence-electron chi connectivity index (χ2n) is 6.40. The molecule has 7 nitrogen and oxygen atoms in total. The predicted molar refractivity (Wildman–Crippen MR) is 104 cm³/mol. The summed E-state index contributed by atoms with van der Waals surface area (Å²) >= 11 is 0. The topological polar surface area (TPSA) is 83.0 Å². The number of ether oxygens (including phenoxy) is 1. The number of alkyl halides is 1. The number of nitrogens with zero attached hydrogens (tertiary/aromatic N) is 4. The van der Waals surface area contributed by atoms with Crippen molar-refractivity contribution in [3.8, 4) is 28.7 Å². The first-order valence-corrected chi connectivity index (χ1v) is 8.89. The van der Waals surface area contributed by atoms with Crippen LogP contribution in [0.5, 0.6) is 5.75 Å². The molecule has 0 atom stereocenters. The molecule has 0 aliphatic heterocycles. The van der Waals surface area contributed by atoms with Gasteiger partial charge in [-0.25, -0.2) is 9.07 Å². The van der Waals surface area contributed by atoms with E-state index in [4.69, 9.17) is 9.26 Å². The van der Waals surface area contributed by atoms with Gasteiger partial charge in [0.15, 0.2) is 0 Å². The van der Waals surface area contributed by atoms with Crippen molar-refractivity contribution < 1.29 is 13.7 Å². The highest BCUT2D eigenvalue weighted by Crippen LogP contribution is 2.22. The third kappa shape index (κ3) is 4.21. The largest absolute Gasteiger partial charge is 0.463 e. The first-order valence-electron chi connectivity index (χ1n) is 8.89. The summed E-state index contributed by atoms with van der Waals surface area (Å²) in [6.07, 6.45) is 0. The highest BCUT2D eigenvalue weighted by Gasteiger charge is 2.13. The van der Waals surface area contributed by atoms with Crippen LogP contribution in [0.15, 0.2) is 70.0 Å². The summed E-state index contributed by atoms with van der Waals surface area (Å²) in [4.78, 5) is 16.5. The molecule has 0 amide bonds. The minimum Gasteiger partial charge on any atom is -0.463 e. The van der Waals surface area contributed by atoms with Crippen molar-refractivity contribution >= 4 is 0 Å². The average Bonchev–Trinajstić information content (AvgIpc) is 3.22. The van der Waals surface area contributed by atoms with Gasteiger partial charge in [-0.15, -0.1) is 0 Å². The first kappa shape index (κ1) is 18.5. The van der Waals surface area contributed by atoms with Gasteiger partial charge in [0, 0.05) is 11.6 Å². The van der Waals surface area contributed by atoms with E-state index in [2.05, 4.69) is 15.2 Å². The van der Waals surface area contributed by atoms with Gasteiger partial charge in [0.25, 0.3) is 11.4 Å². The Kier molecular flexibility index (Phi) is 5.15. The van der Waals surface area contributed by atoms with Gasteiger partial charge in [0.1, 0.15) is 11.4 Å². The van der Waals surface area contributed by atoms with Gasteiger partial charge in [0.05, 0.1) is 6.54 Å². The quantitative estimate of drug-likeness (QED) is 0.498. The van der Waals surface area contributed by atoms with Crippen molar-refractivity contribution in [2.45, 2.75) is 13.5 Å². The van der Waals surface area contributed by atoms with Gasteiger partial charge < -0.3 is 9.26 Å². The number of aryl methyl sites for hydroxylation is 1. The zero-order valence-corrected chi connectivity index (χ0v) is 15.6. The lowest BCUT2D eigenvalue weighted by atomic mass is 10.1. The number of halogens is 1. The molecule has 0 radical (unpaired) electrons. The molecule has 4 aromatic rings. The van der Waals surface area contributed by atoms with Crippen molar-refractivity contribution in [2.75, 3.05) is 6.86 Å². The molecule has 2 aromatic carbocycles. The average molecular weight is 392 g/mol. The number of rotatable bonds is 6. The smallest absolute Gasteiger partial charge is 0.278 e. The van der Waals surface area contributed by atoms with Gasteiger partial charge in [-0.3, -0.25) is 4.79 Å². The number of hydrogen-bond acceptors (Lipinski definition) is 6. The van der Waals surface area contributed by atoms with Gasteiger partial charge in [0.2, 0.25) is 12.7 Å². The fraction of sp³-hybridized carbons (Fsp3) is 0.143. The second-order valence-corrected chi connectivity index (χ2v) is 6.40. The molecule has 2 heterocycles. The highest BCUT2D eigenvalue weighted by atomic mass is 19.1. The molecule has 29 heavy (non-hydrogen) atoms. The summed E-state index contributed by atoms with van der Waals surface area (Å²) in [7, 11) is 0. The minimum absolute atomic E-state index is 0.196. The maximum atomic E-state index is 12.2. The molecular formula is C21H17FN4O3. The van der Waals surface area contributed by atoms with E-state index in [1.165, 1.54) is 10.7 Å². The standard InChI is InChI=1S/C21H17FN4O3/c1-14-2-4-15(5-3-14)12-26-19(27)11-10-18(24-26)21-23-20(25-29-21)16-6-8-17(9-7-16)28-13-22/h2-11H,12-13H2,1H3. The fourth-order valence-electron chi connectivity index (χ4n) is 2.75. The molecule has 0 fully saturated rings. The van der Waals surface area contributed by atoms with Gasteiger partial charge in [-0.1, -0.05) is 35.0 Å². The summed E-state index contributed by atoms with van der Waals surface area (Å²) in [6.45, 7) is 1.45. The maximum Gasteiger partial charge on any atom is 0.278 e. The molecule has 0 aliphatic carbocycles. The van der Waals surface area contributed by atoms with Crippen molar-refractivity contribution in [1.29, 1.82) is 0 Å². The maximum absolute atomic E-state index is 12.2. The lowest BCUT2D eigenvalue weighted by molar-refractivity contribution is 0.192. The van der Waals surface area contributed by atoms with E-state index in [9.17, 15) is 9.18 Å². The third-order valence-electron chi connectivity index (χ3n) is 4.30. The van der Waals surface area contributed by atoms with Crippen LogP contribution in [0.4, 0.5) is 4.39 Å². The van der Waals surface area contributed by atoms with E-state index in [1.807, 2.05) is 31.2 Å². The Morgan fingerprint density at radius 3 is 2.52 bits per heavy atom. The Balaban J connectivity index is 1.59. The summed E-state index contributed by atoms with van der Waals surface area (Å²) < 4.78 is 23.7. The van der Waals surface area contributed by atoms with E-state index < -0.39 is 6.86 Å². The van der Waals surface area contributed by atoms with Crippen LogP contribution >= 0.6 is 0 Å². The Morgan fingerprint density at radius 2 is 1.79 bits per heavy atom. The molecular weight excluding hydrogens is 375 g/mol. The minimum atomic E-state index is -0.893. The lowest BCUT2D eigenvalue weighted by Crippen LogP contribution is -2.22. The fourth-order valence-corrected chi connectivity index (χ4v) is 2.75. The molecule has 0 N–H and O–H groups in total. The number of aromatic nitrogens is 4. The van der Waals surface area contributed by atoms with E-state index >= 15 is 0 Å². The SMILES string of the molecule is Cc1ccc(Cn2nc(-c3nc(-c4ccc(OCF)cc4)no3)ccc2=O)cc1. The van der Waals surface area contributed by atoms with Crippen LogP contribution in [0, 0.1) is 6.92 Å². The highest BCUT2D eigenvalue weighted by molar-refractivity contribution is 5.58. The molecule has 0 saturated heterocycles. The van der Waals surface area contributed by atoms with Crippen molar-refractivity contribution in [3.63, 3.8) is 0 Å². The molecule has 0 saturated carbocycles. The first-order chi connectivity index (χ1) is 14.1. The second kappa shape index (κ2) is 8.05. The molecule has 0 aliphatic rings. The molecule has 4 rings (SSSR count). The monoisotopic (exact) mass is 392 g/mol. The van der Waals surface area contributed by atoms with E-state index in [1.54, 1.807) is 30.3 Å². The Labute approximate surface area is 165 Å². The third-order valence-corrected chi connectivity index (χ3v) is 4.30.